The number of aromatic nitrogens is 3. The van der Waals surface area contributed by atoms with Crippen molar-refractivity contribution in [3.05, 3.63) is 108 Å². The van der Waals surface area contributed by atoms with Gasteiger partial charge in [0.05, 0.1) is 34.6 Å². The van der Waals surface area contributed by atoms with Gasteiger partial charge in [-0.1, -0.05) is 36.4 Å². The number of hydrogen-bond acceptors (Lipinski definition) is 6. The van der Waals surface area contributed by atoms with Crippen molar-refractivity contribution < 1.29 is 18.7 Å². The Labute approximate surface area is 223 Å². The van der Waals surface area contributed by atoms with Crippen LogP contribution in [0.1, 0.15) is 33.4 Å². The fourth-order valence-electron chi connectivity index (χ4n) is 4.68. The molecule has 3 heterocycles. The lowest BCUT2D eigenvalue weighted by Crippen LogP contribution is -2.16. The number of benzene rings is 3. The van der Waals surface area contributed by atoms with Crippen LogP contribution in [0.5, 0.6) is 0 Å². The molecule has 192 valence electrons. The van der Waals surface area contributed by atoms with E-state index in [0.717, 1.165) is 22.0 Å². The van der Waals surface area contributed by atoms with Gasteiger partial charge >= 0.3 is 5.97 Å². The number of anilines is 1. The second kappa shape index (κ2) is 9.90. The average molecular weight is 517 g/mol. The summed E-state index contributed by atoms with van der Waals surface area (Å²) in [5, 5.41) is 3.85. The SMILES string of the molecule is CCOC(=O)c1ccc(-n2c(-c3ccccn3)nc3ccccc32)c(NC(=O)c2oc3ccccc3c2C)c1. The summed E-state index contributed by atoms with van der Waals surface area (Å²) in [6.45, 7) is 3.83. The van der Waals surface area contributed by atoms with E-state index < -0.39 is 11.9 Å². The lowest BCUT2D eigenvalue weighted by Gasteiger charge is -2.16. The van der Waals surface area contributed by atoms with E-state index in [1.54, 1.807) is 31.3 Å². The zero-order chi connectivity index (χ0) is 26.9. The van der Waals surface area contributed by atoms with Gasteiger partial charge in [0, 0.05) is 17.1 Å². The van der Waals surface area contributed by atoms with Crippen molar-refractivity contribution in [1.29, 1.82) is 0 Å². The number of furan rings is 1. The molecule has 0 bridgehead atoms. The summed E-state index contributed by atoms with van der Waals surface area (Å²) in [4.78, 5) is 35.6. The van der Waals surface area contributed by atoms with E-state index in [1.807, 2.05) is 78.2 Å². The summed E-state index contributed by atoms with van der Waals surface area (Å²) in [6.07, 6.45) is 1.70. The Morgan fingerprint density at radius 2 is 1.77 bits per heavy atom. The molecule has 0 aliphatic heterocycles. The van der Waals surface area contributed by atoms with Crippen molar-refractivity contribution in [2.45, 2.75) is 13.8 Å². The van der Waals surface area contributed by atoms with E-state index >= 15 is 0 Å². The van der Waals surface area contributed by atoms with Crippen molar-refractivity contribution in [2.24, 2.45) is 0 Å². The molecule has 1 N–H and O–H groups in total. The van der Waals surface area contributed by atoms with Crippen LogP contribution in [0.15, 0.2) is 95.5 Å². The highest BCUT2D eigenvalue weighted by Gasteiger charge is 2.23. The predicted molar refractivity (Wildman–Crippen MR) is 149 cm³/mol. The molecule has 0 fully saturated rings. The number of ether oxygens (including phenoxy) is 1. The molecule has 8 nitrogen and oxygen atoms in total. The van der Waals surface area contributed by atoms with Gasteiger partial charge in [0.1, 0.15) is 11.3 Å². The number of carbonyl (C=O) groups is 2. The molecule has 0 aliphatic rings. The number of imidazole rings is 1. The Kier molecular flexibility index (Phi) is 6.13. The van der Waals surface area contributed by atoms with Crippen molar-refractivity contribution >= 4 is 39.6 Å². The molecule has 0 unspecified atom stereocenters. The molecule has 6 aromatic rings. The monoisotopic (exact) mass is 516 g/mol. The first-order chi connectivity index (χ1) is 19.0. The summed E-state index contributed by atoms with van der Waals surface area (Å²) in [7, 11) is 0. The second-order valence-corrected chi connectivity index (χ2v) is 8.93. The molecule has 39 heavy (non-hydrogen) atoms. The zero-order valence-corrected chi connectivity index (χ0v) is 21.3. The summed E-state index contributed by atoms with van der Waals surface area (Å²) in [6, 6.07) is 25.9. The van der Waals surface area contributed by atoms with E-state index in [2.05, 4.69) is 10.3 Å². The van der Waals surface area contributed by atoms with Crippen LogP contribution in [-0.4, -0.2) is 33.0 Å². The lowest BCUT2D eigenvalue weighted by atomic mass is 10.1. The molecule has 3 aromatic carbocycles. The average Bonchev–Trinajstić information content (AvgIpc) is 3.52. The molecule has 0 saturated carbocycles. The van der Waals surface area contributed by atoms with Crippen molar-refractivity contribution in [3.8, 4) is 17.2 Å². The summed E-state index contributed by atoms with van der Waals surface area (Å²) in [5.74, 6) is -0.130. The number of nitrogens with zero attached hydrogens (tertiary/aromatic N) is 3. The molecule has 6 rings (SSSR count). The molecule has 3 aromatic heterocycles. The van der Waals surface area contributed by atoms with Gasteiger partial charge < -0.3 is 14.5 Å². The number of aryl methyl sites for hydroxylation is 1. The van der Waals surface area contributed by atoms with Gasteiger partial charge in [-0.3, -0.25) is 14.3 Å². The number of amides is 1. The van der Waals surface area contributed by atoms with Crippen molar-refractivity contribution in [3.63, 3.8) is 0 Å². The van der Waals surface area contributed by atoms with Crippen LogP contribution in [0.25, 0.3) is 39.2 Å². The topological polar surface area (TPSA) is 99.3 Å². The Bertz CT molecular complexity index is 1850. The van der Waals surface area contributed by atoms with Crippen molar-refractivity contribution in [1.82, 2.24) is 14.5 Å². The third kappa shape index (κ3) is 4.31. The minimum atomic E-state index is -0.486. The first-order valence-electron chi connectivity index (χ1n) is 12.5. The smallest absolute Gasteiger partial charge is 0.338 e. The minimum absolute atomic E-state index is 0.198. The van der Waals surface area contributed by atoms with Crippen LogP contribution in [-0.2, 0) is 4.74 Å². The van der Waals surface area contributed by atoms with Crippen molar-refractivity contribution in [2.75, 3.05) is 11.9 Å². The maximum absolute atomic E-state index is 13.6. The number of fused-ring (bicyclic) bond motifs is 2. The molecule has 1 amide bonds. The highest BCUT2D eigenvalue weighted by molar-refractivity contribution is 6.08. The van der Waals surface area contributed by atoms with Crippen LogP contribution in [0.2, 0.25) is 0 Å². The van der Waals surface area contributed by atoms with Crippen LogP contribution < -0.4 is 5.32 Å². The highest BCUT2D eigenvalue weighted by Crippen LogP contribution is 2.33. The fraction of sp³-hybridized carbons (Fsp3) is 0.0968. The van der Waals surface area contributed by atoms with E-state index in [4.69, 9.17) is 14.1 Å². The summed E-state index contributed by atoms with van der Waals surface area (Å²) < 4.78 is 13.1. The third-order valence-electron chi connectivity index (χ3n) is 6.50. The van der Waals surface area contributed by atoms with E-state index in [9.17, 15) is 9.59 Å². The van der Waals surface area contributed by atoms with Crippen LogP contribution >= 0.6 is 0 Å². The maximum Gasteiger partial charge on any atom is 0.338 e. The van der Waals surface area contributed by atoms with Gasteiger partial charge in [-0.2, -0.15) is 0 Å². The van der Waals surface area contributed by atoms with Gasteiger partial charge in [0.2, 0.25) is 0 Å². The predicted octanol–water partition coefficient (Wildman–Crippen LogP) is 6.57. The molecular weight excluding hydrogens is 492 g/mol. The number of para-hydroxylation sites is 3. The molecular formula is C31H24N4O4. The zero-order valence-electron chi connectivity index (χ0n) is 21.3. The van der Waals surface area contributed by atoms with E-state index in [1.165, 1.54) is 0 Å². The molecule has 0 saturated heterocycles. The number of carbonyl (C=O) groups excluding carboxylic acids is 2. The fourth-order valence-corrected chi connectivity index (χ4v) is 4.68. The van der Waals surface area contributed by atoms with Gasteiger partial charge in [-0.15, -0.1) is 0 Å². The Morgan fingerprint density at radius 1 is 0.974 bits per heavy atom. The number of hydrogen-bond donors (Lipinski definition) is 1. The minimum Gasteiger partial charge on any atom is -0.462 e. The summed E-state index contributed by atoms with van der Waals surface area (Å²) in [5.41, 5.74) is 4.91. The summed E-state index contributed by atoms with van der Waals surface area (Å²) >= 11 is 0. The van der Waals surface area contributed by atoms with Crippen LogP contribution in [0.4, 0.5) is 5.69 Å². The third-order valence-corrected chi connectivity index (χ3v) is 6.50. The second-order valence-electron chi connectivity index (χ2n) is 8.93. The number of pyridine rings is 1. The first-order valence-corrected chi connectivity index (χ1v) is 12.5. The van der Waals surface area contributed by atoms with Gasteiger partial charge in [0.15, 0.2) is 11.6 Å². The quantitative estimate of drug-likeness (QED) is 0.251. The maximum atomic E-state index is 13.6. The number of rotatable bonds is 6. The number of esters is 1. The highest BCUT2D eigenvalue weighted by atomic mass is 16.5. The first kappa shape index (κ1) is 24.1. The van der Waals surface area contributed by atoms with E-state index in [0.29, 0.717) is 34.0 Å². The lowest BCUT2D eigenvalue weighted by molar-refractivity contribution is 0.0526. The Morgan fingerprint density at radius 3 is 2.56 bits per heavy atom. The number of nitrogens with one attached hydrogen (secondary N) is 1. The molecule has 8 heteroatoms. The molecule has 0 radical (unpaired) electrons. The molecule has 0 aliphatic carbocycles. The normalized spacial score (nSPS) is 11.1. The standard InChI is InChI=1S/C31H24N4O4/c1-3-38-31(37)20-15-16-26(24(18-20)34-30(36)28-19(2)21-10-4-7-14-27(21)39-28)35-25-13-6-5-11-22(25)33-29(35)23-12-8-9-17-32-23/h4-18H,3H2,1-2H3,(H,34,36). The largest absolute Gasteiger partial charge is 0.462 e. The van der Waals surface area contributed by atoms with Crippen LogP contribution in [0.3, 0.4) is 0 Å². The van der Waals surface area contributed by atoms with Crippen LogP contribution in [0, 0.1) is 6.92 Å². The van der Waals surface area contributed by atoms with Gasteiger partial charge in [-0.05, 0) is 62.4 Å². The van der Waals surface area contributed by atoms with Gasteiger partial charge in [-0.25, -0.2) is 9.78 Å². The molecule has 0 spiro atoms. The Balaban J connectivity index is 1.53. The molecule has 0 atom stereocenters. The van der Waals surface area contributed by atoms with E-state index in [-0.39, 0.29) is 12.4 Å². The Hall–Kier alpha value is -5.24. The van der Waals surface area contributed by atoms with Gasteiger partial charge in [0.25, 0.3) is 5.91 Å².